The normalized spacial score (nSPS) is 15.5. The van der Waals surface area contributed by atoms with Gasteiger partial charge >= 0.3 is 6.18 Å². The summed E-state index contributed by atoms with van der Waals surface area (Å²) in [5.74, 6) is 0. The van der Waals surface area contributed by atoms with Crippen LogP contribution in [0.3, 0.4) is 0 Å². The molecule has 1 aromatic rings. The Morgan fingerprint density at radius 2 is 1.90 bits per heavy atom. The predicted molar refractivity (Wildman–Crippen MR) is 83.0 cm³/mol. The molecule has 2 N–H and O–H groups in total. The predicted octanol–water partition coefficient (Wildman–Crippen LogP) is 4.50. The van der Waals surface area contributed by atoms with E-state index in [-0.39, 0.29) is 12.1 Å². The summed E-state index contributed by atoms with van der Waals surface area (Å²) in [4.78, 5) is 1.43. The van der Waals surface area contributed by atoms with Gasteiger partial charge in [-0.25, -0.2) is 0 Å². The lowest BCUT2D eigenvalue weighted by Gasteiger charge is -2.39. The van der Waals surface area contributed by atoms with Gasteiger partial charge in [0, 0.05) is 16.6 Å². The van der Waals surface area contributed by atoms with Crippen LogP contribution < -0.4 is 5.73 Å². The number of benzene rings is 1. The van der Waals surface area contributed by atoms with Crippen molar-refractivity contribution in [3.8, 4) is 0 Å². The van der Waals surface area contributed by atoms with E-state index in [0.717, 1.165) is 10.0 Å². The Bertz CT molecular complexity index is 449. The topological polar surface area (TPSA) is 29.3 Å². The highest BCUT2D eigenvalue weighted by Crippen LogP contribution is 2.31. The molecule has 120 valence electrons. The molecule has 0 fully saturated rings. The molecular formula is C15H22BrF3N2. The van der Waals surface area contributed by atoms with Gasteiger partial charge in [-0.1, -0.05) is 35.0 Å². The van der Waals surface area contributed by atoms with Gasteiger partial charge in [-0.05, 0) is 38.0 Å². The van der Waals surface area contributed by atoms with Gasteiger partial charge in [0.2, 0.25) is 0 Å². The van der Waals surface area contributed by atoms with Crippen molar-refractivity contribution < 1.29 is 13.2 Å². The fraction of sp³-hybridized carbons (Fsp3) is 0.600. The number of nitrogens with zero attached hydrogens (tertiary/aromatic N) is 1. The lowest BCUT2D eigenvalue weighted by Crippen LogP contribution is -2.48. The Balaban J connectivity index is 3.21. The van der Waals surface area contributed by atoms with Gasteiger partial charge < -0.3 is 5.73 Å². The van der Waals surface area contributed by atoms with Crippen molar-refractivity contribution in [3.05, 3.63) is 34.3 Å². The molecule has 0 aromatic heterocycles. The van der Waals surface area contributed by atoms with Gasteiger partial charge in [-0.3, -0.25) is 4.90 Å². The van der Waals surface area contributed by atoms with Crippen molar-refractivity contribution in [2.24, 2.45) is 5.73 Å². The van der Waals surface area contributed by atoms with Crippen molar-refractivity contribution in [2.75, 3.05) is 6.54 Å². The first kappa shape index (κ1) is 18.5. The highest BCUT2D eigenvalue weighted by atomic mass is 79.9. The van der Waals surface area contributed by atoms with E-state index >= 15 is 0 Å². The van der Waals surface area contributed by atoms with E-state index in [4.69, 9.17) is 5.73 Å². The van der Waals surface area contributed by atoms with Crippen LogP contribution in [0.1, 0.15) is 38.8 Å². The molecule has 0 aliphatic heterocycles. The molecule has 0 saturated heterocycles. The molecule has 2 atom stereocenters. The van der Waals surface area contributed by atoms with Gasteiger partial charge in [0.1, 0.15) is 0 Å². The Morgan fingerprint density at radius 3 is 2.33 bits per heavy atom. The standard InChI is InChI=1S/C15H22BrF3N2/c1-4-13(20)14(11-6-5-7-12(16)8-11)21(10(2)3)9-15(17,18)19/h5-8,10,13-14H,4,9,20H2,1-3H3. The summed E-state index contributed by atoms with van der Waals surface area (Å²) in [7, 11) is 0. The second kappa shape index (κ2) is 7.61. The first-order chi connectivity index (χ1) is 9.65. The maximum atomic E-state index is 12.9. The van der Waals surface area contributed by atoms with Crippen LogP contribution in [0.2, 0.25) is 0 Å². The summed E-state index contributed by atoms with van der Waals surface area (Å²) in [5, 5.41) is 0. The molecule has 6 heteroatoms. The van der Waals surface area contributed by atoms with Crippen LogP contribution in [0.15, 0.2) is 28.7 Å². The van der Waals surface area contributed by atoms with Gasteiger partial charge in [-0.15, -0.1) is 0 Å². The van der Waals surface area contributed by atoms with Gasteiger partial charge in [0.05, 0.1) is 12.6 Å². The molecule has 0 aliphatic rings. The number of alkyl halides is 3. The van der Waals surface area contributed by atoms with E-state index in [1.807, 2.05) is 31.2 Å². The van der Waals surface area contributed by atoms with Crippen molar-refractivity contribution in [3.63, 3.8) is 0 Å². The third-order valence-corrected chi connectivity index (χ3v) is 3.94. The van der Waals surface area contributed by atoms with Crippen LogP contribution in [0.25, 0.3) is 0 Å². The van der Waals surface area contributed by atoms with Crippen molar-refractivity contribution in [1.82, 2.24) is 4.90 Å². The molecule has 21 heavy (non-hydrogen) atoms. The second-order valence-corrected chi connectivity index (χ2v) is 6.37. The second-order valence-electron chi connectivity index (χ2n) is 5.45. The first-order valence-corrected chi connectivity index (χ1v) is 7.78. The molecule has 2 unspecified atom stereocenters. The average Bonchev–Trinajstić information content (AvgIpc) is 2.36. The molecule has 1 rings (SSSR count). The Morgan fingerprint density at radius 1 is 1.29 bits per heavy atom. The summed E-state index contributed by atoms with van der Waals surface area (Å²) in [5.41, 5.74) is 6.94. The minimum atomic E-state index is -4.25. The Labute approximate surface area is 132 Å². The van der Waals surface area contributed by atoms with E-state index < -0.39 is 18.8 Å². The van der Waals surface area contributed by atoms with Gasteiger partial charge in [0.25, 0.3) is 0 Å². The quantitative estimate of drug-likeness (QED) is 0.802. The van der Waals surface area contributed by atoms with Gasteiger partial charge in [0.15, 0.2) is 0 Å². The minimum absolute atomic E-state index is 0.256. The van der Waals surface area contributed by atoms with Crippen LogP contribution >= 0.6 is 15.9 Å². The van der Waals surface area contributed by atoms with E-state index in [1.54, 1.807) is 13.8 Å². The van der Waals surface area contributed by atoms with Crippen LogP contribution in [0.5, 0.6) is 0 Å². The average molecular weight is 367 g/mol. The number of hydrogen-bond donors (Lipinski definition) is 1. The largest absolute Gasteiger partial charge is 0.401 e. The summed E-state index contributed by atoms with van der Waals surface area (Å²) >= 11 is 3.37. The summed E-state index contributed by atoms with van der Waals surface area (Å²) in [6.45, 7) is 4.45. The van der Waals surface area contributed by atoms with E-state index in [9.17, 15) is 13.2 Å². The number of halogens is 4. The zero-order chi connectivity index (χ0) is 16.2. The molecule has 0 saturated carbocycles. The lowest BCUT2D eigenvalue weighted by molar-refractivity contribution is -0.156. The van der Waals surface area contributed by atoms with Crippen LogP contribution in [-0.2, 0) is 0 Å². The van der Waals surface area contributed by atoms with E-state index in [1.165, 1.54) is 4.90 Å². The van der Waals surface area contributed by atoms with Gasteiger partial charge in [-0.2, -0.15) is 13.2 Å². The molecule has 2 nitrogen and oxygen atoms in total. The molecule has 0 radical (unpaired) electrons. The van der Waals surface area contributed by atoms with E-state index in [2.05, 4.69) is 15.9 Å². The molecular weight excluding hydrogens is 345 g/mol. The fourth-order valence-corrected chi connectivity index (χ4v) is 2.82. The maximum Gasteiger partial charge on any atom is 0.401 e. The fourth-order valence-electron chi connectivity index (χ4n) is 2.41. The monoisotopic (exact) mass is 366 g/mol. The molecule has 0 bridgehead atoms. The number of rotatable bonds is 6. The van der Waals surface area contributed by atoms with Crippen molar-refractivity contribution in [2.45, 2.75) is 51.5 Å². The van der Waals surface area contributed by atoms with Crippen molar-refractivity contribution in [1.29, 1.82) is 0 Å². The summed E-state index contributed by atoms with van der Waals surface area (Å²) < 4.78 is 39.5. The summed E-state index contributed by atoms with van der Waals surface area (Å²) in [6, 6.07) is 6.26. The molecule has 0 amide bonds. The highest BCUT2D eigenvalue weighted by Gasteiger charge is 2.37. The zero-order valence-corrected chi connectivity index (χ0v) is 14.1. The molecule has 0 heterocycles. The first-order valence-electron chi connectivity index (χ1n) is 6.99. The molecule has 0 aliphatic carbocycles. The van der Waals surface area contributed by atoms with E-state index in [0.29, 0.717) is 6.42 Å². The molecule has 0 spiro atoms. The van der Waals surface area contributed by atoms with Crippen LogP contribution in [0, 0.1) is 0 Å². The SMILES string of the molecule is CCC(N)C(c1cccc(Br)c1)N(CC(F)(F)F)C(C)C. The lowest BCUT2D eigenvalue weighted by atomic mass is 9.95. The smallest absolute Gasteiger partial charge is 0.326 e. The summed E-state index contributed by atoms with van der Waals surface area (Å²) in [6.07, 6.45) is -3.64. The molecule has 1 aromatic carbocycles. The minimum Gasteiger partial charge on any atom is -0.326 e. The zero-order valence-electron chi connectivity index (χ0n) is 12.5. The van der Waals surface area contributed by atoms with Crippen LogP contribution in [-0.4, -0.2) is 29.7 Å². The third-order valence-electron chi connectivity index (χ3n) is 3.45. The Kier molecular flexibility index (Phi) is 6.69. The number of hydrogen-bond acceptors (Lipinski definition) is 2. The number of nitrogens with two attached hydrogens (primary N) is 1. The third kappa shape index (κ3) is 5.60. The maximum absolute atomic E-state index is 12.9. The highest BCUT2D eigenvalue weighted by molar-refractivity contribution is 9.10. The van der Waals surface area contributed by atoms with Crippen molar-refractivity contribution >= 4 is 15.9 Å². The Hall–Kier alpha value is -0.590. The van der Waals surface area contributed by atoms with Crippen LogP contribution in [0.4, 0.5) is 13.2 Å².